The molecule has 6 rings (SSSR count). The maximum Gasteiger partial charge on any atom is 0.294 e. The summed E-state index contributed by atoms with van der Waals surface area (Å²) in [5.41, 5.74) is 5.28. The first-order valence-corrected chi connectivity index (χ1v) is 22.6. The van der Waals surface area contributed by atoms with Gasteiger partial charge < -0.3 is 20.0 Å². The van der Waals surface area contributed by atoms with Gasteiger partial charge in [0, 0.05) is 72.7 Å². The molecule has 4 N–H and O–H groups in total. The van der Waals surface area contributed by atoms with Gasteiger partial charge in [0.25, 0.3) is 21.2 Å². The number of amides is 1. The highest BCUT2D eigenvalue weighted by Crippen LogP contribution is 2.48. The third-order valence-electron chi connectivity index (χ3n) is 12.2. The van der Waals surface area contributed by atoms with Crippen LogP contribution < -0.4 is 31.1 Å². The number of likely N-dealkylation sites (N-methyl/N-ethyl adjacent to an activating group) is 1. The zero-order valence-electron chi connectivity index (χ0n) is 35.8. The van der Waals surface area contributed by atoms with E-state index in [0.717, 1.165) is 75.2 Å². The van der Waals surface area contributed by atoms with Gasteiger partial charge in [0.2, 0.25) is 5.91 Å². The van der Waals surface area contributed by atoms with E-state index in [9.17, 15) is 27.4 Å². The minimum atomic E-state index is -4.30. The van der Waals surface area contributed by atoms with Gasteiger partial charge in [-0.25, -0.2) is 0 Å². The van der Waals surface area contributed by atoms with Crippen LogP contribution in [0.25, 0.3) is 10.8 Å². The fraction of sp³-hybridized carbons (Fsp3) is 0.426. The van der Waals surface area contributed by atoms with Crippen LogP contribution in [-0.4, -0.2) is 67.8 Å². The molecule has 1 atom stereocenters. The summed E-state index contributed by atoms with van der Waals surface area (Å²) in [6, 6.07) is 18.8. The highest BCUT2D eigenvalue weighted by atomic mass is 32.2. The smallest absolute Gasteiger partial charge is 0.294 e. The lowest BCUT2D eigenvalue weighted by Crippen LogP contribution is -2.39. The number of aromatic nitrogens is 2. The number of unbranched alkanes of at least 4 members (excludes halogenated alkanes) is 3. The van der Waals surface area contributed by atoms with E-state index in [-0.39, 0.29) is 38.8 Å². The first-order chi connectivity index (χ1) is 28.6. The van der Waals surface area contributed by atoms with Crippen molar-refractivity contribution >= 4 is 43.9 Å². The second-order valence-electron chi connectivity index (χ2n) is 16.8. The normalized spacial score (nSPS) is 17.6. The fourth-order valence-corrected chi connectivity index (χ4v) is 9.43. The molecule has 1 unspecified atom stereocenters. The number of carbonyl (C=O) groups excluding carboxylic acids is 1. The number of rotatable bonds is 18. The van der Waals surface area contributed by atoms with Crippen LogP contribution in [0, 0.1) is 0 Å². The molecule has 0 spiro atoms. The number of fused-ring (bicyclic) bond motifs is 3. The molecule has 0 saturated carbocycles. The van der Waals surface area contributed by atoms with Gasteiger partial charge in [-0.1, -0.05) is 76.6 Å². The van der Waals surface area contributed by atoms with Crippen LogP contribution in [0.5, 0.6) is 0 Å². The molecular weight excluding hydrogens is 777 g/mol. The molecule has 1 amide bonds. The number of anilines is 3. The fourth-order valence-electron chi connectivity index (χ4n) is 8.92. The van der Waals surface area contributed by atoms with E-state index in [0.29, 0.717) is 23.7 Å². The number of H-pyrrole nitrogens is 2. The maximum atomic E-state index is 12.7. The van der Waals surface area contributed by atoms with Gasteiger partial charge in [0.1, 0.15) is 0 Å². The highest BCUT2D eigenvalue weighted by molar-refractivity contribution is 7.85. The van der Waals surface area contributed by atoms with Gasteiger partial charge >= 0.3 is 0 Å². The zero-order valence-corrected chi connectivity index (χ0v) is 36.6. The number of carbonyl (C=O) groups is 1. The Morgan fingerprint density at radius 2 is 1.60 bits per heavy atom. The number of aromatic amines is 2. The Kier molecular flexibility index (Phi) is 13.6. The van der Waals surface area contributed by atoms with Gasteiger partial charge in [-0.15, -0.1) is 0 Å². The van der Waals surface area contributed by atoms with E-state index >= 15 is 0 Å². The summed E-state index contributed by atoms with van der Waals surface area (Å²) in [5.74, 6) is 0.0718. The van der Waals surface area contributed by atoms with Gasteiger partial charge in [-0.2, -0.15) is 8.42 Å². The molecule has 0 aliphatic carbocycles. The molecule has 3 heterocycles. The van der Waals surface area contributed by atoms with Crippen molar-refractivity contribution in [2.75, 3.05) is 47.4 Å². The first kappa shape index (κ1) is 44.2. The van der Waals surface area contributed by atoms with Crippen LogP contribution in [0.4, 0.5) is 17.1 Å². The van der Waals surface area contributed by atoms with Crippen molar-refractivity contribution < 1.29 is 17.8 Å². The van der Waals surface area contributed by atoms with Crippen LogP contribution in [0.15, 0.2) is 111 Å². The Labute approximate surface area is 353 Å². The van der Waals surface area contributed by atoms with Crippen molar-refractivity contribution in [3.63, 3.8) is 0 Å². The summed E-state index contributed by atoms with van der Waals surface area (Å²) in [5, 5.41) is 8.57. The van der Waals surface area contributed by atoms with Crippen LogP contribution >= 0.6 is 0 Å². The number of para-hydroxylation sites is 1. The number of allylic oxidation sites excluding steroid dienone is 5. The minimum absolute atomic E-state index is 0.00117. The molecule has 2 aliphatic heterocycles. The molecule has 320 valence electrons. The highest BCUT2D eigenvalue weighted by Gasteiger charge is 2.43. The molecule has 0 saturated heterocycles. The van der Waals surface area contributed by atoms with E-state index in [4.69, 9.17) is 0 Å². The van der Waals surface area contributed by atoms with Crippen molar-refractivity contribution in [1.29, 1.82) is 0 Å². The van der Waals surface area contributed by atoms with Crippen LogP contribution in [0.3, 0.4) is 0 Å². The van der Waals surface area contributed by atoms with E-state index in [1.807, 2.05) is 6.07 Å². The predicted molar refractivity (Wildman–Crippen MR) is 243 cm³/mol. The second-order valence-corrected chi connectivity index (χ2v) is 18.2. The van der Waals surface area contributed by atoms with Gasteiger partial charge in [0.05, 0.1) is 21.7 Å². The summed E-state index contributed by atoms with van der Waals surface area (Å²) in [7, 11) is -4.30. The molecule has 4 aromatic rings. The number of nitrogens with zero attached hydrogens (tertiary/aromatic N) is 3. The number of hydrogen-bond acceptors (Lipinski definition) is 8. The lowest BCUT2D eigenvalue weighted by Gasteiger charge is -2.31. The SMILES string of the molecule is CCN(CCCCNC(=O)CCCCCN1C(=CC=CC=CC2N(CC)c3ccc(S(=O)(=O)O)cc3C2(C)C)C(C)(C)c2ccccc21)c1ccc2c(=O)[nH][nH]c(=O)c2c1. The maximum absolute atomic E-state index is 12.7. The Morgan fingerprint density at radius 1 is 0.850 bits per heavy atom. The van der Waals surface area contributed by atoms with Crippen LogP contribution in [0.2, 0.25) is 0 Å². The van der Waals surface area contributed by atoms with Gasteiger partial charge in [-0.3, -0.25) is 29.1 Å². The molecule has 0 bridgehead atoms. The van der Waals surface area contributed by atoms with Crippen molar-refractivity contribution in [1.82, 2.24) is 15.5 Å². The zero-order chi connectivity index (χ0) is 43.2. The molecular formula is C47H60N6O6S. The molecule has 12 nitrogen and oxygen atoms in total. The largest absolute Gasteiger partial charge is 0.372 e. The Morgan fingerprint density at radius 3 is 2.33 bits per heavy atom. The van der Waals surface area contributed by atoms with Crippen molar-refractivity contribution in [2.45, 2.75) is 102 Å². The number of benzene rings is 3. The third kappa shape index (κ3) is 9.32. The molecule has 2 aliphatic rings. The molecule has 0 fully saturated rings. The van der Waals surface area contributed by atoms with Crippen LogP contribution in [-0.2, 0) is 25.7 Å². The average molecular weight is 837 g/mol. The van der Waals surface area contributed by atoms with Gasteiger partial charge in [-0.05, 0) is 99.2 Å². The molecule has 60 heavy (non-hydrogen) atoms. The summed E-state index contributed by atoms with van der Waals surface area (Å²) in [4.78, 5) is 43.8. The Balaban J connectivity index is 0.983. The molecule has 13 heteroatoms. The van der Waals surface area contributed by atoms with Crippen molar-refractivity contribution in [3.05, 3.63) is 129 Å². The first-order valence-electron chi connectivity index (χ1n) is 21.2. The summed E-state index contributed by atoms with van der Waals surface area (Å²) < 4.78 is 33.5. The average Bonchev–Trinajstić information content (AvgIpc) is 3.57. The quantitative estimate of drug-likeness (QED) is 0.0447. The number of hydrogen-bond donors (Lipinski definition) is 4. The molecule has 1 aromatic heterocycles. The lowest BCUT2D eigenvalue weighted by molar-refractivity contribution is -0.121. The standard InChI is InChI=1S/C47H60N6O6S/c1-7-51(33-24-26-35-36(31-33)45(56)50-49-44(35)55)29-18-16-28-48-43(54)23-13-10-17-30-53-39-20-15-14-19-37(39)46(3,4)42(53)22-12-9-11-21-41-47(5,6)38-32-34(60(57,58)59)25-27-40(38)52(41)8-2/h9,11-12,14-15,19-22,24-27,31-32,41H,7-8,10,13,16-18,23,28-30H2,1-6H3,(H,48,54)(H,49,55)(H,50,56)(H,57,58,59). The monoisotopic (exact) mass is 836 g/mol. The summed E-state index contributed by atoms with van der Waals surface area (Å²) in [6.45, 7) is 16.6. The van der Waals surface area contributed by atoms with Gasteiger partial charge in [0.15, 0.2) is 0 Å². The Bertz CT molecular complexity index is 2520. The van der Waals surface area contributed by atoms with E-state index in [2.05, 4.69) is 126 Å². The topological polar surface area (TPSA) is 159 Å². The van der Waals surface area contributed by atoms with E-state index in [1.165, 1.54) is 23.0 Å². The van der Waals surface area contributed by atoms with Crippen molar-refractivity contribution in [3.8, 4) is 0 Å². The predicted octanol–water partition coefficient (Wildman–Crippen LogP) is 7.73. The molecule has 0 radical (unpaired) electrons. The van der Waals surface area contributed by atoms with Crippen molar-refractivity contribution in [2.24, 2.45) is 0 Å². The molecule has 3 aromatic carbocycles. The minimum Gasteiger partial charge on any atom is -0.372 e. The Hall–Kier alpha value is -5.40. The third-order valence-corrected chi connectivity index (χ3v) is 13.1. The second kappa shape index (κ2) is 18.5. The summed E-state index contributed by atoms with van der Waals surface area (Å²) in [6.07, 6.45) is 15.5. The summed E-state index contributed by atoms with van der Waals surface area (Å²) >= 11 is 0. The van der Waals surface area contributed by atoms with E-state index < -0.39 is 10.1 Å². The van der Waals surface area contributed by atoms with E-state index in [1.54, 1.807) is 24.3 Å². The van der Waals surface area contributed by atoms with Crippen LogP contribution in [0.1, 0.15) is 91.2 Å². The number of nitrogens with one attached hydrogen (secondary N) is 3. The lowest BCUT2D eigenvalue weighted by atomic mass is 9.80.